The highest BCUT2D eigenvalue weighted by Gasteiger charge is 2.58. The van der Waals surface area contributed by atoms with Gasteiger partial charge in [0, 0.05) is 12.1 Å². The van der Waals surface area contributed by atoms with Crippen LogP contribution in [0.15, 0.2) is 10.5 Å². The van der Waals surface area contributed by atoms with Crippen LogP contribution in [0.2, 0.25) is 0 Å². The molecule has 0 radical (unpaired) electrons. The summed E-state index contributed by atoms with van der Waals surface area (Å²) in [7, 11) is 0. The van der Waals surface area contributed by atoms with E-state index in [1.165, 1.54) is 4.90 Å². The minimum absolute atomic E-state index is 0.0108. The molecule has 34 heavy (non-hydrogen) atoms. The lowest BCUT2D eigenvalue weighted by Gasteiger charge is -2.31. The van der Waals surface area contributed by atoms with Gasteiger partial charge in [-0.15, -0.1) is 10.2 Å². The highest BCUT2D eigenvalue weighted by atomic mass is 19.4. The maximum atomic E-state index is 13.8. The van der Waals surface area contributed by atoms with E-state index in [1.807, 2.05) is 0 Å². The van der Waals surface area contributed by atoms with Gasteiger partial charge < -0.3 is 20.2 Å². The van der Waals surface area contributed by atoms with Crippen molar-refractivity contribution in [2.75, 3.05) is 12.3 Å². The quantitative estimate of drug-likeness (QED) is 0.576. The van der Waals surface area contributed by atoms with E-state index in [0.717, 1.165) is 0 Å². The second-order valence-corrected chi connectivity index (χ2v) is 8.85. The first-order valence-corrected chi connectivity index (χ1v) is 10.5. The number of nitrogens with zero attached hydrogens (tertiary/aromatic N) is 4. The van der Waals surface area contributed by atoms with E-state index in [2.05, 4.69) is 15.2 Å². The Hall–Kier alpha value is -2.90. The molecule has 1 saturated carbocycles. The molecule has 1 fully saturated rings. The first kappa shape index (κ1) is 24.2. The van der Waals surface area contributed by atoms with Crippen molar-refractivity contribution in [1.29, 1.82) is 0 Å². The standard InChI is InChI=1S/C20H21F6N5O3/c1-17(6-7-17)31-8-4-2-3-5-18(33,20(24,25)26)16-30-29-14(34-16)13-11(27)9-10(19(21,22)23)12(28-13)15(31)32/h9,33H,2-8,27H2,1H3/t18-/m1/s1. The summed E-state index contributed by atoms with van der Waals surface area (Å²) in [4.78, 5) is 18.3. The molecule has 2 aromatic rings. The molecule has 1 aliphatic heterocycles. The van der Waals surface area contributed by atoms with Gasteiger partial charge in [0.1, 0.15) is 5.69 Å². The monoisotopic (exact) mass is 493 g/mol. The van der Waals surface area contributed by atoms with E-state index in [4.69, 9.17) is 10.2 Å². The molecule has 3 heterocycles. The Labute approximate surface area is 189 Å². The summed E-state index contributed by atoms with van der Waals surface area (Å²) in [6.45, 7) is 1.73. The number of carbonyl (C=O) groups is 1. The highest BCUT2D eigenvalue weighted by molar-refractivity contribution is 5.96. The average molecular weight is 493 g/mol. The van der Waals surface area contributed by atoms with Crippen molar-refractivity contribution < 1.29 is 40.7 Å². The van der Waals surface area contributed by atoms with Gasteiger partial charge in [-0.2, -0.15) is 26.3 Å². The molecular weight excluding hydrogens is 472 g/mol. The lowest BCUT2D eigenvalue weighted by Crippen LogP contribution is -2.43. The molecule has 0 aromatic carbocycles. The third kappa shape index (κ3) is 4.07. The molecule has 8 nitrogen and oxygen atoms in total. The number of aliphatic hydroxyl groups is 1. The second kappa shape index (κ2) is 7.82. The number of aromatic nitrogens is 3. The smallest absolute Gasteiger partial charge is 0.416 e. The largest absolute Gasteiger partial charge is 0.426 e. The number of rotatable bonds is 1. The third-order valence-electron chi connectivity index (χ3n) is 6.30. The molecule has 4 bridgehead atoms. The summed E-state index contributed by atoms with van der Waals surface area (Å²) in [5, 5.41) is 17.1. The SMILES string of the molecule is CC1(N2CCCCC[C@](O)(C(F)(F)F)c3nnc(o3)-c3nc(c(C(F)(F)F)cc3N)C2=O)CC1. The number of alkyl halides is 6. The van der Waals surface area contributed by atoms with Gasteiger partial charge in [0.25, 0.3) is 17.7 Å². The van der Waals surface area contributed by atoms with Gasteiger partial charge in [0.05, 0.1) is 11.3 Å². The molecule has 1 amide bonds. The number of halogens is 6. The number of carbonyl (C=O) groups excluding carboxylic acids is 1. The lowest BCUT2D eigenvalue weighted by molar-refractivity contribution is -0.277. The molecule has 1 atom stereocenters. The lowest BCUT2D eigenvalue weighted by atomic mass is 9.95. The number of pyridine rings is 1. The number of hydrogen-bond donors (Lipinski definition) is 2. The van der Waals surface area contributed by atoms with Crippen molar-refractivity contribution in [3.8, 4) is 11.6 Å². The molecule has 1 aliphatic carbocycles. The Kier molecular flexibility index (Phi) is 5.57. The minimum Gasteiger partial charge on any atom is -0.416 e. The van der Waals surface area contributed by atoms with Crippen LogP contribution >= 0.6 is 0 Å². The van der Waals surface area contributed by atoms with E-state index in [9.17, 15) is 36.2 Å². The average Bonchev–Trinajstić information content (AvgIpc) is 3.27. The van der Waals surface area contributed by atoms with Gasteiger partial charge in [-0.05, 0) is 45.1 Å². The maximum absolute atomic E-state index is 13.8. The van der Waals surface area contributed by atoms with Gasteiger partial charge in [-0.1, -0.05) is 6.42 Å². The van der Waals surface area contributed by atoms with Crippen molar-refractivity contribution in [3.05, 3.63) is 23.2 Å². The number of nitrogens with two attached hydrogens (primary N) is 1. The van der Waals surface area contributed by atoms with Gasteiger partial charge in [-0.25, -0.2) is 4.98 Å². The number of anilines is 1. The zero-order valence-corrected chi connectivity index (χ0v) is 17.9. The van der Waals surface area contributed by atoms with Crippen molar-refractivity contribution in [2.24, 2.45) is 0 Å². The van der Waals surface area contributed by atoms with Crippen LogP contribution in [-0.4, -0.2) is 49.4 Å². The number of hydrogen-bond acceptors (Lipinski definition) is 7. The summed E-state index contributed by atoms with van der Waals surface area (Å²) in [6, 6.07) is 0.467. The Morgan fingerprint density at radius 3 is 2.32 bits per heavy atom. The maximum Gasteiger partial charge on any atom is 0.426 e. The predicted molar refractivity (Wildman–Crippen MR) is 104 cm³/mol. The van der Waals surface area contributed by atoms with E-state index in [1.54, 1.807) is 6.92 Å². The first-order valence-electron chi connectivity index (χ1n) is 10.5. The fraction of sp³-hybridized carbons (Fsp3) is 0.600. The van der Waals surface area contributed by atoms with E-state index in [-0.39, 0.29) is 25.8 Å². The van der Waals surface area contributed by atoms with Crippen LogP contribution in [0.25, 0.3) is 11.6 Å². The van der Waals surface area contributed by atoms with Crippen LogP contribution in [0, 0.1) is 0 Å². The molecule has 2 aliphatic rings. The summed E-state index contributed by atoms with van der Waals surface area (Å²) in [5.74, 6) is -2.91. The van der Waals surface area contributed by atoms with E-state index in [0.29, 0.717) is 18.9 Å². The Morgan fingerprint density at radius 1 is 1.06 bits per heavy atom. The summed E-state index contributed by atoms with van der Waals surface area (Å²) in [6.07, 6.45) is -9.58. The Bertz CT molecular complexity index is 1110. The van der Waals surface area contributed by atoms with Crippen molar-refractivity contribution in [1.82, 2.24) is 20.1 Å². The number of amides is 1. The molecule has 14 heteroatoms. The molecule has 2 aromatic heterocycles. The second-order valence-electron chi connectivity index (χ2n) is 8.85. The zero-order valence-electron chi connectivity index (χ0n) is 17.9. The Morgan fingerprint density at radius 2 is 1.74 bits per heavy atom. The number of fused-ring (bicyclic) bond motifs is 5. The molecule has 3 N–H and O–H groups in total. The van der Waals surface area contributed by atoms with Gasteiger partial charge in [0.2, 0.25) is 5.60 Å². The normalized spacial score (nSPS) is 23.5. The van der Waals surface area contributed by atoms with Crippen LogP contribution in [0.5, 0.6) is 0 Å². The van der Waals surface area contributed by atoms with Gasteiger partial charge in [0.15, 0.2) is 5.69 Å². The third-order valence-corrected chi connectivity index (χ3v) is 6.30. The van der Waals surface area contributed by atoms with Gasteiger partial charge in [-0.3, -0.25) is 4.79 Å². The minimum atomic E-state index is -5.17. The fourth-order valence-electron chi connectivity index (χ4n) is 3.96. The molecule has 0 saturated heterocycles. The van der Waals surface area contributed by atoms with Crippen LogP contribution in [-0.2, 0) is 11.8 Å². The molecule has 186 valence electrons. The van der Waals surface area contributed by atoms with Crippen molar-refractivity contribution >= 4 is 11.6 Å². The highest BCUT2D eigenvalue weighted by Crippen LogP contribution is 2.45. The molecule has 0 unspecified atom stereocenters. The van der Waals surface area contributed by atoms with E-state index < -0.39 is 70.2 Å². The van der Waals surface area contributed by atoms with Crippen LogP contribution < -0.4 is 5.73 Å². The van der Waals surface area contributed by atoms with E-state index >= 15 is 0 Å². The van der Waals surface area contributed by atoms with Crippen LogP contribution in [0.3, 0.4) is 0 Å². The van der Waals surface area contributed by atoms with Gasteiger partial charge >= 0.3 is 12.4 Å². The van der Waals surface area contributed by atoms with Crippen molar-refractivity contribution in [2.45, 2.75) is 68.9 Å². The molecule has 4 rings (SSSR count). The summed E-state index contributed by atoms with van der Waals surface area (Å²) in [5.41, 5.74) is -2.03. The topological polar surface area (TPSA) is 118 Å². The predicted octanol–water partition coefficient (Wildman–Crippen LogP) is 4.05. The van der Waals surface area contributed by atoms with Crippen LogP contribution in [0.1, 0.15) is 67.4 Å². The summed E-state index contributed by atoms with van der Waals surface area (Å²) >= 11 is 0. The Balaban J connectivity index is 1.91. The fourth-order valence-corrected chi connectivity index (χ4v) is 3.96. The van der Waals surface area contributed by atoms with Crippen molar-refractivity contribution in [3.63, 3.8) is 0 Å². The first-order chi connectivity index (χ1) is 15.7. The number of nitrogen functional groups attached to an aromatic ring is 1. The molecular formula is C20H21F6N5O3. The zero-order chi connectivity index (χ0) is 25.1. The molecule has 0 spiro atoms. The summed E-state index contributed by atoms with van der Waals surface area (Å²) < 4.78 is 87.5. The van der Waals surface area contributed by atoms with Crippen LogP contribution in [0.4, 0.5) is 32.0 Å².